The molecule has 1 amide bonds. The van der Waals surface area contributed by atoms with E-state index in [0.29, 0.717) is 10.0 Å². The van der Waals surface area contributed by atoms with Crippen LogP contribution in [0.25, 0.3) is 0 Å². The fraction of sp³-hybridized carbons (Fsp3) is 0.462. The van der Waals surface area contributed by atoms with Gasteiger partial charge in [0, 0.05) is 17.6 Å². The average molecular weight is 315 g/mol. The Morgan fingerprint density at radius 1 is 1.50 bits per heavy atom. The van der Waals surface area contributed by atoms with Gasteiger partial charge in [0.05, 0.1) is 11.3 Å². The quantitative estimate of drug-likeness (QED) is 0.810. The highest BCUT2D eigenvalue weighted by Gasteiger charge is 2.33. The van der Waals surface area contributed by atoms with Gasteiger partial charge < -0.3 is 10.6 Å². The van der Waals surface area contributed by atoms with Crippen LogP contribution in [0.2, 0.25) is 0 Å². The van der Waals surface area contributed by atoms with E-state index in [-0.39, 0.29) is 17.0 Å². The first-order valence-corrected chi connectivity index (χ1v) is 6.63. The topological polar surface area (TPSA) is 46.3 Å². The number of halogens is 2. The lowest BCUT2D eigenvalue weighted by Gasteiger charge is -2.20. The van der Waals surface area contributed by atoms with Crippen molar-refractivity contribution in [2.24, 2.45) is 5.41 Å². The molecule has 18 heavy (non-hydrogen) atoms. The lowest BCUT2D eigenvalue weighted by atomic mass is 9.93. The van der Waals surface area contributed by atoms with Crippen LogP contribution in [0.4, 0.5) is 10.1 Å². The molecule has 98 valence electrons. The molecule has 1 aliphatic rings. The Balaban J connectivity index is 2.27. The van der Waals surface area contributed by atoms with Crippen molar-refractivity contribution in [2.75, 3.05) is 18.8 Å². The first-order valence-electron chi connectivity index (χ1n) is 5.84. The normalized spacial score (nSPS) is 18.1. The number of carbonyl (C=O) groups is 1. The number of hydrogen-bond donors (Lipinski definition) is 1. The van der Waals surface area contributed by atoms with Crippen LogP contribution in [-0.4, -0.2) is 23.9 Å². The SMILES string of the molecule is CC1(C)CCN(C(=O)c2cc(N)c(F)cc2Br)C1. The van der Waals surface area contributed by atoms with Crippen molar-refractivity contribution in [3.05, 3.63) is 28.0 Å². The third-order valence-electron chi connectivity index (χ3n) is 3.28. The summed E-state index contributed by atoms with van der Waals surface area (Å²) in [5.74, 6) is -0.612. The molecular formula is C13H16BrFN2O. The van der Waals surface area contributed by atoms with Crippen LogP contribution in [0.15, 0.2) is 16.6 Å². The maximum absolute atomic E-state index is 13.2. The highest BCUT2D eigenvalue weighted by atomic mass is 79.9. The van der Waals surface area contributed by atoms with Crippen molar-refractivity contribution in [3.63, 3.8) is 0 Å². The van der Waals surface area contributed by atoms with Crippen molar-refractivity contribution in [3.8, 4) is 0 Å². The zero-order valence-corrected chi connectivity index (χ0v) is 12.1. The van der Waals surface area contributed by atoms with Crippen LogP contribution >= 0.6 is 15.9 Å². The Labute approximate surface area is 114 Å². The van der Waals surface area contributed by atoms with E-state index in [1.165, 1.54) is 12.1 Å². The Kier molecular flexibility index (Phi) is 3.36. The smallest absolute Gasteiger partial charge is 0.255 e. The van der Waals surface area contributed by atoms with E-state index in [0.717, 1.165) is 19.5 Å². The molecule has 0 atom stereocenters. The first kappa shape index (κ1) is 13.3. The number of rotatable bonds is 1. The van der Waals surface area contributed by atoms with Gasteiger partial charge in [0.25, 0.3) is 5.91 Å². The predicted molar refractivity (Wildman–Crippen MR) is 72.8 cm³/mol. The van der Waals surface area contributed by atoms with Crippen LogP contribution in [0, 0.1) is 11.2 Å². The number of anilines is 1. The van der Waals surface area contributed by atoms with E-state index in [1.54, 1.807) is 4.90 Å². The fourth-order valence-corrected chi connectivity index (χ4v) is 2.67. The first-order chi connectivity index (χ1) is 8.30. The fourth-order valence-electron chi connectivity index (χ4n) is 2.19. The maximum Gasteiger partial charge on any atom is 0.255 e. The number of nitrogens with zero attached hydrogens (tertiary/aromatic N) is 1. The summed E-state index contributed by atoms with van der Waals surface area (Å²) in [6.07, 6.45) is 0.979. The van der Waals surface area contributed by atoms with E-state index in [9.17, 15) is 9.18 Å². The highest BCUT2D eigenvalue weighted by Crippen LogP contribution is 2.31. The molecule has 0 aliphatic carbocycles. The molecule has 0 unspecified atom stereocenters. The Morgan fingerprint density at radius 3 is 2.72 bits per heavy atom. The highest BCUT2D eigenvalue weighted by molar-refractivity contribution is 9.10. The molecule has 2 rings (SSSR count). The molecule has 0 radical (unpaired) electrons. The van der Waals surface area contributed by atoms with E-state index in [4.69, 9.17) is 5.73 Å². The van der Waals surface area contributed by atoms with Gasteiger partial charge in [-0.25, -0.2) is 4.39 Å². The second kappa shape index (κ2) is 4.53. The minimum Gasteiger partial charge on any atom is -0.396 e. The summed E-state index contributed by atoms with van der Waals surface area (Å²) in [7, 11) is 0. The Hall–Kier alpha value is -1.10. The number of nitrogens with two attached hydrogens (primary N) is 1. The maximum atomic E-state index is 13.2. The molecule has 1 fully saturated rings. The van der Waals surface area contributed by atoms with E-state index in [2.05, 4.69) is 29.8 Å². The average Bonchev–Trinajstić information content (AvgIpc) is 2.63. The largest absolute Gasteiger partial charge is 0.396 e. The molecule has 1 heterocycles. The monoisotopic (exact) mass is 314 g/mol. The van der Waals surface area contributed by atoms with Crippen molar-refractivity contribution in [1.82, 2.24) is 4.90 Å². The van der Waals surface area contributed by atoms with Crippen LogP contribution in [-0.2, 0) is 0 Å². The van der Waals surface area contributed by atoms with Gasteiger partial charge >= 0.3 is 0 Å². The van der Waals surface area contributed by atoms with Crippen molar-refractivity contribution < 1.29 is 9.18 Å². The number of likely N-dealkylation sites (tertiary alicyclic amines) is 1. The Morgan fingerprint density at radius 2 is 2.17 bits per heavy atom. The van der Waals surface area contributed by atoms with Crippen LogP contribution in [0.1, 0.15) is 30.6 Å². The van der Waals surface area contributed by atoms with Gasteiger partial charge in [-0.3, -0.25) is 4.79 Å². The minimum absolute atomic E-state index is 0.00000661. The third kappa shape index (κ3) is 2.51. The molecule has 0 spiro atoms. The van der Waals surface area contributed by atoms with Gasteiger partial charge in [-0.1, -0.05) is 13.8 Å². The number of nitrogen functional groups attached to an aromatic ring is 1. The third-order valence-corrected chi connectivity index (χ3v) is 3.94. The molecule has 0 aromatic heterocycles. The van der Waals surface area contributed by atoms with E-state index in [1.807, 2.05) is 0 Å². The standard InChI is InChI=1S/C13H16BrFN2O/c1-13(2)3-4-17(7-13)12(18)8-5-11(16)10(15)6-9(8)14/h5-6H,3-4,7,16H2,1-2H3. The van der Waals surface area contributed by atoms with Crippen molar-refractivity contribution in [1.29, 1.82) is 0 Å². The molecule has 3 nitrogen and oxygen atoms in total. The summed E-state index contributed by atoms with van der Waals surface area (Å²) in [5.41, 5.74) is 6.08. The molecule has 0 saturated carbocycles. The van der Waals surface area contributed by atoms with E-state index >= 15 is 0 Å². The van der Waals surface area contributed by atoms with Crippen LogP contribution in [0.5, 0.6) is 0 Å². The summed E-state index contributed by atoms with van der Waals surface area (Å²) >= 11 is 3.21. The molecule has 1 aromatic carbocycles. The van der Waals surface area contributed by atoms with Gasteiger partial charge in [0.1, 0.15) is 5.82 Å². The molecule has 1 saturated heterocycles. The minimum atomic E-state index is -0.514. The lowest BCUT2D eigenvalue weighted by molar-refractivity contribution is 0.0777. The summed E-state index contributed by atoms with van der Waals surface area (Å²) in [4.78, 5) is 14.1. The summed E-state index contributed by atoms with van der Waals surface area (Å²) in [5, 5.41) is 0. The zero-order valence-electron chi connectivity index (χ0n) is 10.5. The molecule has 1 aliphatic heterocycles. The van der Waals surface area contributed by atoms with Gasteiger partial charge in [-0.05, 0) is 39.9 Å². The Bertz CT molecular complexity index is 502. The number of carbonyl (C=O) groups excluding carboxylic acids is 1. The molecule has 2 N–H and O–H groups in total. The lowest BCUT2D eigenvalue weighted by Crippen LogP contribution is -2.30. The second-order valence-electron chi connectivity index (χ2n) is 5.49. The van der Waals surface area contributed by atoms with Gasteiger partial charge in [0.2, 0.25) is 0 Å². The molecule has 0 bridgehead atoms. The van der Waals surface area contributed by atoms with Gasteiger partial charge in [-0.15, -0.1) is 0 Å². The van der Waals surface area contributed by atoms with Crippen molar-refractivity contribution >= 4 is 27.5 Å². The summed E-state index contributed by atoms with van der Waals surface area (Å²) in [6.45, 7) is 5.72. The van der Waals surface area contributed by atoms with Crippen LogP contribution < -0.4 is 5.73 Å². The number of benzene rings is 1. The summed E-state index contributed by atoms with van der Waals surface area (Å²) in [6, 6.07) is 2.64. The van der Waals surface area contributed by atoms with Gasteiger partial charge in [-0.2, -0.15) is 0 Å². The van der Waals surface area contributed by atoms with Gasteiger partial charge in [0.15, 0.2) is 0 Å². The zero-order chi connectivity index (χ0) is 13.5. The molecule has 5 heteroatoms. The van der Waals surface area contributed by atoms with E-state index < -0.39 is 5.82 Å². The van der Waals surface area contributed by atoms with Crippen LogP contribution in [0.3, 0.4) is 0 Å². The number of hydrogen-bond acceptors (Lipinski definition) is 2. The predicted octanol–water partition coefficient (Wildman–Crippen LogP) is 3.04. The number of amides is 1. The second-order valence-corrected chi connectivity index (χ2v) is 6.35. The molecule has 1 aromatic rings. The van der Waals surface area contributed by atoms with Crippen molar-refractivity contribution in [2.45, 2.75) is 20.3 Å². The summed E-state index contributed by atoms with van der Waals surface area (Å²) < 4.78 is 13.7. The molecular weight excluding hydrogens is 299 g/mol.